The van der Waals surface area contributed by atoms with Gasteiger partial charge in [0.2, 0.25) is 5.95 Å². The number of rotatable bonds is 2. The molecule has 2 rings (SSSR count). The molecule has 18 heavy (non-hydrogen) atoms. The lowest BCUT2D eigenvalue weighted by Gasteiger charge is -2.36. The number of nitrogen functional groups attached to an aromatic ring is 1. The minimum atomic E-state index is -0.983. The number of hydrogen-bond acceptors (Lipinski definition) is 7. The molecule has 0 spiro atoms. The van der Waals surface area contributed by atoms with Crippen LogP contribution in [-0.4, -0.2) is 44.5 Å². The van der Waals surface area contributed by atoms with Gasteiger partial charge in [-0.15, -0.1) is 0 Å². The van der Waals surface area contributed by atoms with Crippen LogP contribution in [0.15, 0.2) is 4.79 Å². The molecule has 100 valence electrons. The number of aliphatic hydroxyl groups is 2. The van der Waals surface area contributed by atoms with E-state index >= 15 is 0 Å². The Hall–Kier alpha value is -1.80. The molecular weight excluding hydrogens is 238 g/mol. The van der Waals surface area contributed by atoms with E-state index in [-0.39, 0.29) is 29.1 Å². The van der Waals surface area contributed by atoms with Crippen LogP contribution in [0.3, 0.4) is 0 Å². The maximum atomic E-state index is 11.7. The van der Waals surface area contributed by atoms with Crippen molar-refractivity contribution in [2.24, 2.45) is 0 Å². The second kappa shape index (κ2) is 4.46. The summed E-state index contributed by atoms with van der Waals surface area (Å²) >= 11 is 0. The Labute approximate surface area is 103 Å². The molecule has 1 aromatic heterocycles. The summed E-state index contributed by atoms with van der Waals surface area (Å²) < 4.78 is 0. The second-order valence-corrected chi connectivity index (χ2v) is 4.51. The number of nitrogens with one attached hydrogen (secondary N) is 3. The van der Waals surface area contributed by atoms with Crippen molar-refractivity contribution in [3.8, 4) is 0 Å². The smallest absolute Gasteiger partial charge is 0.277 e. The van der Waals surface area contributed by atoms with E-state index in [4.69, 9.17) is 5.73 Å². The Morgan fingerprint density at radius 2 is 2.06 bits per heavy atom. The highest BCUT2D eigenvalue weighted by Crippen LogP contribution is 2.25. The van der Waals surface area contributed by atoms with E-state index in [0.29, 0.717) is 0 Å². The number of aromatic nitrogens is 2. The van der Waals surface area contributed by atoms with Crippen LogP contribution in [0.5, 0.6) is 0 Å². The van der Waals surface area contributed by atoms with Gasteiger partial charge in [0.25, 0.3) is 5.56 Å². The average molecular weight is 255 g/mol. The van der Waals surface area contributed by atoms with Gasteiger partial charge in [0, 0.05) is 6.04 Å². The predicted molar refractivity (Wildman–Crippen MR) is 67.5 cm³/mol. The van der Waals surface area contributed by atoms with Crippen LogP contribution in [0.25, 0.3) is 0 Å². The number of aliphatic hydroxyl groups excluding tert-OH is 2. The quantitative estimate of drug-likeness (QED) is 0.386. The lowest BCUT2D eigenvalue weighted by molar-refractivity contribution is 0.0163. The molecule has 1 aliphatic rings. The number of nitrogens with two attached hydrogens (primary N) is 1. The zero-order chi connectivity index (χ0) is 13.4. The first-order chi connectivity index (χ1) is 8.40. The number of nitrogens with zero attached hydrogens (tertiary/aromatic N) is 1. The molecule has 8 nitrogen and oxygen atoms in total. The number of H-pyrrole nitrogens is 1. The van der Waals surface area contributed by atoms with E-state index < -0.39 is 18.2 Å². The van der Waals surface area contributed by atoms with Gasteiger partial charge in [-0.2, -0.15) is 4.98 Å². The van der Waals surface area contributed by atoms with Crippen molar-refractivity contribution in [2.45, 2.75) is 38.1 Å². The molecule has 2 heterocycles. The fourth-order valence-electron chi connectivity index (χ4n) is 2.01. The van der Waals surface area contributed by atoms with Crippen molar-refractivity contribution < 1.29 is 10.2 Å². The minimum Gasteiger partial charge on any atom is -0.391 e. The second-order valence-electron chi connectivity index (χ2n) is 4.51. The highest BCUT2D eigenvalue weighted by Gasteiger charge is 2.34. The van der Waals surface area contributed by atoms with Crippen molar-refractivity contribution in [3.63, 3.8) is 0 Å². The van der Waals surface area contributed by atoms with Gasteiger partial charge in [0.05, 0.1) is 12.1 Å². The van der Waals surface area contributed by atoms with Gasteiger partial charge in [0.1, 0.15) is 11.8 Å². The number of hydrogen-bond donors (Lipinski definition) is 6. The summed E-state index contributed by atoms with van der Waals surface area (Å²) in [5.41, 5.74) is 5.36. The zero-order valence-corrected chi connectivity index (χ0v) is 10.1. The van der Waals surface area contributed by atoms with Gasteiger partial charge >= 0.3 is 0 Å². The van der Waals surface area contributed by atoms with Crippen molar-refractivity contribution in [1.29, 1.82) is 0 Å². The fourth-order valence-corrected chi connectivity index (χ4v) is 2.01. The van der Waals surface area contributed by atoms with E-state index in [2.05, 4.69) is 20.6 Å². The van der Waals surface area contributed by atoms with Crippen LogP contribution >= 0.6 is 0 Å². The van der Waals surface area contributed by atoms with Crippen molar-refractivity contribution >= 4 is 17.5 Å². The maximum absolute atomic E-state index is 11.7. The highest BCUT2D eigenvalue weighted by atomic mass is 16.3. The summed E-state index contributed by atoms with van der Waals surface area (Å²) in [5, 5.41) is 25.2. The maximum Gasteiger partial charge on any atom is 0.277 e. The van der Waals surface area contributed by atoms with Crippen LogP contribution in [0, 0.1) is 0 Å². The first-order valence-electron chi connectivity index (χ1n) is 5.69. The van der Waals surface area contributed by atoms with Crippen LogP contribution in [0.2, 0.25) is 0 Å². The van der Waals surface area contributed by atoms with Gasteiger partial charge in [-0.3, -0.25) is 9.78 Å². The first-order valence-corrected chi connectivity index (χ1v) is 5.69. The summed E-state index contributed by atoms with van der Waals surface area (Å²) in [7, 11) is 0. The zero-order valence-electron chi connectivity index (χ0n) is 10.1. The summed E-state index contributed by atoms with van der Waals surface area (Å²) in [6.45, 7) is 3.29. The van der Waals surface area contributed by atoms with Gasteiger partial charge in [-0.25, -0.2) is 0 Å². The molecule has 4 unspecified atom stereocenters. The molecule has 0 aromatic carbocycles. The van der Waals surface area contributed by atoms with E-state index in [9.17, 15) is 15.0 Å². The lowest BCUT2D eigenvalue weighted by Crippen LogP contribution is -2.53. The monoisotopic (exact) mass is 255 g/mol. The van der Waals surface area contributed by atoms with E-state index in [1.165, 1.54) is 6.92 Å². The molecule has 1 aromatic rings. The standard InChI is InChI=1S/C10H17N5O3/c1-3-5(7(17)4(2)16)13-8-6(12-3)9(18)15-10(11)14-8/h3-5,7,12,16-17H,1-2H3,(H4,11,13,14,15,18). The Morgan fingerprint density at radius 3 is 2.67 bits per heavy atom. The first kappa shape index (κ1) is 12.7. The molecule has 0 bridgehead atoms. The molecule has 0 radical (unpaired) electrons. The Kier molecular flexibility index (Phi) is 3.14. The fraction of sp³-hybridized carbons (Fsp3) is 0.600. The molecule has 8 heteroatoms. The Bertz CT molecular complexity index is 501. The largest absolute Gasteiger partial charge is 0.391 e. The molecule has 0 amide bonds. The predicted octanol–water partition coefficient (Wildman–Crippen LogP) is -1.31. The van der Waals surface area contributed by atoms with Crippen LogP contribution in [0.4, 0.5) is 17.5 Å². The van der Waals surface area contributed by atoms with Crippen molar-refractivity contribution in [2.75, 3.05) is 16.4 Å². The van der Waals surface area contributed by atoms with Gasteiger partial charge in [0.15, 0.2) is 5.82 Å². The third-order valence-electron chi connectivity index (χ3n) is 3.01. The molecule has 0 saturated carbocycles. The highest BCUT2D eigenvalue weighted by molar-refractivity contribution is 5.68. The van der Waals surface area contributed by atoms with Crippen molar-refractivity contribution in [3.05, 3.63) is 10.4 Å². The molecule has 7 N–H and O–H groups in total. The van der Waals surface area contributed by atoms with Gasteiger partial charge in [-0.1, -0.05) is 0 Å². The van der Waals surface area contributed by atoms with Gasteiger partial charge in [-0.05, 0) is 13.8 Å². The SMILES string of the molecule is CC(O)C(O)C1Nc2nc(N)[nH]c(=O)c2NC1C. The Morgan fingerprint density at radius 1 is 1.39 bits per heavy atom. The normalized spacial score (nSPS) is 25.6. The lowest BCUT2D eigenvalue weighted by atomic mass is 9.98. The van der Waals surface area contributed by atoms with Crippen molar-refractivity contribution in [1.82, 2.24) is 9.97 Å². The summed E-state index contributed by atoms with van der Waals surface area (Å²) in [6.07, 6.45) is -1.88. The average Bonchev–Trinajstić information content (AvgIpc) is 2.28. The summed E-state index contributed by atoms with van der Waals surface area (Å²) in [5.74, 6) is 0.270. The number of aromatic amines is 1. The molecule has 1 aliphatic heterocycles. The van der Waals surface area contributed by atoms with Gasteiger partial charge < -0.3 is 26.6 Å². The van der Waals surface area contributed by atoms with Crippen LogP contribution < -0.4 is 21.9 Å². The molecule has 4 atom stereocenters. The molecular formula is C10H17N5O3. The van der Waals surface area contributed by atoms with E-state index in [1.807, 2.05) is 0 Å². The molecule has 0 aliphatic carbocycles. The topological polar surface area (TPSA) is 136 Å². The Balaban J connectivity index is 2.35. The van der Waals surface area contributed by atoms with E-state index in [0.717, 1.165) is 0 Å². The summed E-state index contributed by atoms with van der Waals surface area (Å²) in [6, 6.07) is -0.708. The molecule has 0 fully saturated rings. The third-order valence-corrected chi connectivity index (χ3v) is 3.01. The number of anilines is 3. The van der Waals surface area contributed by atoms with Crippen LogP contribution in [0.1, 0.15) is 13.8 Å². The minimum absolute atomic E-state index is 0.00658. The number of fused-ring (bicyclic) bond motifs is 1. The molecule has 0 saturated heterocycles. The summed E-state index contributed by atoms with van der Waals surface area (Å²) in [4.78, 5) is 18.0. The van der Waals surface area contributed by atoms with E-state index in [1.54, 1.807) is 6.92 Å². The van der Waals surface area contributed by atoms with Crippen LogP contribution in [-0.2, 0) is 0 Å². The third kappa shape index (κ3) is 2.12.